The van der Waals surface area contributed by atoms with E-state index in [4.69, 9.17) is 11.6 Å². The summed E-state index contributed by atoms with van der Waals surface area (Å²) >= 11 is 6.11. The molecule has 0 radical (unpaired) electrons. The molecular weight excluding hydrogens is 334 g/mol. The second-order valence-corrected chi connectivity index (χ2v) is 6.37. The van der Waals surface area contributed by atoms with Crippen LogP contribution < -0.4 is 10.2 Å². The van der Waals surface area contributed by atoms with E-state index in [0.717, 1.165) is 30.8 Å². The van der Waals surface area contributed by atoms with Gasteiger partial charge in [-0.25, -0.2) is 0 Å². The molecule has 0 fully saturated rings. The van der Waals surface area contributed by atoms with Gasteiger partial charge in [-0.3, -0.25) is 0 Å². The smallest absolute Gasteiger partial charge is 0.0995 e. The number of para-hydroxylation sites is 1. The maximum Gasteiger partial charge on any atom is 0.0995 e. The van der Waals surface area contributed by atoms with Crippen LogP contribution in [-0.4, -0.2) is 30.8 Å². The number of halogens is 1. The van der Waals surface area contributed by atoms with Crippen molar-refractivity contribution in [3.63, 3.8) is 0 Å². The van der Waals surface area contributed by atoms with Gasteiger partial charge in [0.1, 0.15) is 0 Å². The number of aliphatic hydroxyl groups is 1. The molecule has 2 N–H and O–H groups in total. The van der Waals surface area contributed by atoms with Crippen molar-refractivity contribution in [1.82, 2.24) is 5.32 Å². The first-order chi connectivity index (χ1) is 12.1. The summed E-state index contributed by atoms with van der Waals surface area (Å²) < 4.78 is 0. The van der Waals surface area contributed by atoms with Crippen molar-refractivity contribution < 1.29 is 5.11 Å². The summed E-state index contributed by atoms with van der Waals surface area (Å²) in [6.45, 7) is 4.66. The maximum absolute atomic E-state index is 9.65. The van der Waals surface area contributed by atoms with E-state index in [2.05, 4.69) is 28.4 Å². The number of nitriles is 1. The third-order valence-corrected chi connectivity index (χ3v) is 4.32. The lowest BCUT2D eigenvalue weighted by Gasteiger charge is -2.26. The van der Waals surface area contributed by atoms with Crippen LogP contribution in [0.5, 0.6) is 0 Å². The summed E-state index contributed by atoms with van der Waals surface area (Å²) in [7, 11) is 0. The van der Waals surface area contributed by atoms with Gasteiger partial charge in [0.2, 0.25) is 0 Å². The van der Waals surface area contributed by atoms with Crippen molar-refractivity contribution in [3.8, 4) is 6.07 Å². The number of anilines is 1. The normalized spacial score (nSPS) is 11.8. The van der Waals surface area contributed by atoms with Crippen LogP contribution in [0.1, 0.15) is 24.5 Å². The number of rotatable bonds is 9. The quantitative estimate of drug-likeness (QED) is 0.673. The van der Waals surface area contributed by atoms with Gasteiger partial charge >= 0.3 is 0 Å². The fraction of sp³-hybridized carbons (Fsp3) is 0.350. The summed E-state index contributed by atoms with van der Waals surface area (Å²) in [4.78, 5) is 2.21. The van der Waals surface area contributed by atoms with Crippen molar-refractivity contribution in [2.45, 2.75) is 26.0 Å². The van der Waals surface area contributed by atoms with Crippen LogP contribution in [0.15, 0.2) is 48.5 Å². The average molecular weight is 358 g/mol. The minimum Gasteiger partial charge on any atom is -0.392 e. The highest BCUT2D eigenvalue weighted by molar-refractivity contribution is 6.30. The van der Waals surface area contributed by atoms with E-state index < -0.39 is 0 Å². The molecular formula is C20H24ClN3O. The predicted molar refractivity (Wildman–Crippen MR) is 103 cm³/mol. The van der Waals surface area contributed by atoms with Crippen molar-refractivity contribution >= 4 is 17.3 Å². The summed E-state index contributed by atoms with van der Waals surface area (Å²) in [5, 5.41) is 22.9. The molecule has 2 aromatic rings. The second kappa shape index (κ2) is 10.0. The van der Waals surface area contributed by atoms with Crippen LogP contribution in [0, 0.1) is 11.3 Å². The molecule has 0 saturated carbocycles. The van der Waals surface area contributed by atoms with E-state index in [0.29, 0.717) is 23.7 Å². The van der Waals surface area contributed by atoms with Crippen LogP contribution in [0.2, 0.25) is 5.02 Å². The van der Waals surface area contributed by atoms with E-state index in [1.807, 2.05) is 31.2 Å². The van der Waals surface area contributed by atoms with E-state index in [1.54, 1.807) is 12.1 Å². The van der Waals surface area contributed by atoms with E-state index in [9.17, 15) is 10.4 Å². The molecule has 0 spiro atoms. The van der Waals surface area contributed by atoms with Gasteiger partial charge in [0.25, 0.3) is 0 Å². The van der Waals surface area contributed by atoms with Crippen LogP contribution in [0.25, 0.3) is 0 Å². The monoisotopic (exact) mass is 357 g/mol. The molecule has 5 heteroatoms. The van der Waals surface area contributed by atoms with Gasteiger partial charge < -0.3 is 15.3 Å². The summed E-state index contributed by atoms with van der Waals surface area (Å²) in [6, 6.07) is 17.7. The fourth-order valence-corrected chi connectivity index (χ4v) is 2.77. The average Bonchev–Trinajstić information content (AvgIpc) is 2.64. The Morgan fingerprint density at radius 1 is 1.24 bits per heavy atom. The topological polar surface area (TPSA) is 59.3 Å². The van der Waals surface area contributed by atoms with Gasteiger partial charge in [-0.05, 0) is 42.3 Å². The Hall–Kier alpha value is -2.06. The number of benzene rings is 2. The zero-order chi connectivity index (χ0) is 18.1. The molecule has 0 heterocycles. The highest BCUT2D eigenvalue weighted by atomic mass is 35.5. The first-order valence-corrected chi connectivity index (χ1v) is 8.89. The molecule has 0 aromatic heterocycles. The molecule has 1 atom stereocenters. The molecule has 0 aliphatic carbocycles. The van der Waals surface area contributed by atoms with Gasteiger partial charge in [-0.2, -0.15) is 5.26 Å². The molecule has 2 rings (SSSR count). The SMILES string of the molecule is CC[C@H](O)CNCCN(Cc1cc(Cl)ccc1C#N)c1ccccc1. The Morgan fingerprint density at radius 3 is 2.68 bits per heavy atom. The van der Waals surface area contributed by atoms with Crippen molar-refractivity contribution in [3.05, 3.63) is 64.7 Å². The minimum atomic E-state index is -0.316. The summed E-state index contributed by atoms with van der Waals surface area (Å²) in [6.07, 6.45) is 0.423. The number of nitrogens with zero attached hydrogens (tertiary/aromatic N) is 2. The van der Waals surface area contributed by atoms with Crippen LogP contribution in [-0.2, 0) is 6.54 Å². The third-order valence-electron chi connectivity index (χ3n) is 4.08. The number of hydrogen-bond donors (Lipinski definition) is 2. The molecule has 0 bridgehead atoms. The van der Waals surface area contributed by atoms with Crippen LogP contribution >= 0.6 is 11.6 Å². The molecule has 25 heavy (non-hydrogen) atoms. The third kappa shape index (κ3) is 6.06. The molecule has 0 aliphatic heterocycles. The van der Waals surface area contributed by atoms with E-state index in [-0.39, 0.29) is 6.10 Å². The summed E-state index contributed by atoms with van der Waals surface area (Å²) in [5.41, 5.74) is 2.64. The molecule has 0 aliphatic rings. The second-order valence-electron chi connectivity index (χ2n) is 5.94. The highest BCUT2D eigenvalue weighted by Crippen LogP contribution is 2.21. The summed E-state index contributed by atoms with van der Waals surface area (Å²) in [5.74, 6) is 0. The number of hydrogen-bond acceptors (Lipinski definition) is 4. The maximum atomic E-state index is 9.65. The lowest BCUT2D eigenvalue weighted by molar-refractivity contribution is 0.168. The fourth-order valence-electron chi connectivity index (χ4n) is 2.57. The van der Waals surface area contributed by atoms with Crippen molar-refractivity contribution in [2.24, 2.45) is 0 Å². The lowest BCUT2D eigenvalue weighted by atomic mass is 10.1. The molecule has 2 aromatic carbocycles. The highest BCUT2D eigenvalue weighted by Gasteiger charge is 2.11. The first-order valence-electron chi connectivity index (χ1n) is 8.51. The van der Waals surface area contributed by atoms with Crippen molar-refractivity contribution in [1.29, 1.82) is 5.26 Å². The Kier molecular flexibility index (Phi) is 7.75. The zero-order valence-corrected chi connectivity index (χ0v) is 15.2. The molecule has 0 amide bonds. The van der Waals surface area contributed by atoms with Gasteiger partial charge in [-0.1, -0.05) is 36.7 Å². The van der Waals surface area contributed by atoms with Gasteiger partial charge in [0.05, 0.1) is 17.7 Å². The molecule has 0 saturated heterocycles. The minimum absolute atomic E-state index is 0.316. The Bertz CT molecular complexity index is 700. The standard InChI is InChI=1S/C20H24ClN3O/c1-2-20(25)14-23-10-11-24(19-6-4-3-5-7-19)15-17-12-18(21)9-8-16(17)13-22/h3-9,12,20,23,25H,2,10-11,14-15H2,1H3/t20-/m0/s1. The van der Waals surface area contributed by atoms with Gasteiger partial charge in [0, 0.05) is 36.9 Å². The van der Waals surface area contributed by atoms with E-state index >= 15 is 0 Å². The van der Waals surface area contributed by atoms with Crippen molar-refractivity contribution in [2.75, 3.05) is 24.5 Å². The Balaban J connectivity index is 2.10. The Morgan fingerprint density at radius 2 is 2.00 bits per heavy atom. The van der Waals surface area contributed by atoms with E-state index in [1.165, 1.54) is 0 Å². The Labute approximate surface area is 154 Å². The molecule has 0 unspecified atom stereocenters. The molecule has 4 nitrogen and oxygen atoms in total. The lowest BCUT2D eigenvalue weighted by Crippen LogP contribution is -2.35. The largest absolute Gasteiger partial charge is 0.392 e. The van der Waals surface area contributed by atoms with Crippen LogP contribution in [0.3, 0.4) is 0 Å². The predicted octanol–water partition coefficient (Wildman–Crippen LogP) is 3.58. The molecule has 132 valence electrons. The van der Waals surface area contributed by atoms with Gasteiger partial charge in [-0.15, -0.1) is 0 Å². The zero-order valence-electron chi connectivity index (χ0n) is 14.5. The number of nitrogens with one attached hydrogen (secondary N) is 1. The number of aliphatic hydroxyl groups excluding tert-OH is 1. The first kappa shape index (κ1) is 19.3. The van der Waals surface area contributed by atoms with Crippen LogP contribution in [0.4, 0.5) is 5.69 Å². The van der Waals surface area contributed by atoms with Gasteiger partial charge in [0.15, 0.2) is 0 Å².